The Labute approximate surface area is 195 Å². The second-order valence-corrected chi connectivity index (χ2v) is 9.42. The number of rotatable bonds is 6. The number of nitrogens with zero attached hydrogens (tertiary/aromatic N) is 2. The normalized spacial score (nSPS) is 18.5. The maximum absolute atomic E-state index is 13.8. The highest BCUT2D eigenvalue weighted by Gasteiger charge is 2.26. The van der Waals surface area contributed by atoms with Crippen molar-refractivity contribution >= 4 is 27.6 Å². The van der Waals surface area contributed by atoms with Gasteiger partial charge in [0.15, 0.2) is 0 Å². The van der Waals surface area contributed by atoms with Crippen LogP contribution >= 0.6 is 0 Å². The molecule has 5 rings (SSSR count). The molecule has 168 valence electrons. The molecule has 2 atom stereocenters. The summed E-state index contributed by atoms with van der Waals surface area (Å²) < 4.78 is 0. The molecule has 0 saturated heterocycles. The summed E-state index contributed by atoms with van der Waals surface area (Å²) in [5.41, 5.74) is 8.77. The number of fused-ring (bicyclic) bond motifs is 2. The molecule has 2 unspecified atom stereocenters. The molecule has 33 heavy (non-hydrogen) atoms. The Bertz CT molecular complexity index is 1270. The van der Waals surface area contributed by atoms with E-state index < -0.39 is 0 Å². The van der Waals surface area contributed by atoms with Crippen molar-refractivity contribution in [1.82, 2.24) is 9.88 Å². The van der Waals surface area contributed by atoms with Gasteiger partial charge in [0.1, 0.15) is 0 Å². The minimum atomic E-state index is 0.0868. The van der Waals surface area contributed by atoms with E-state index in [4.69, 9.17) is 5.73 Å². The van der Waals surface area contributed by atoms with Gasteiger partial charge < -0.3 is 10.6 Å². The highest BCUT2D eigenvalue weighted by Crippen LogP contribution is 2.30. The van der Waals surface area contributed by atoms with Crippen molar-refractivity contribution in [2.45, 2.75) is 32.2 Å². The first-order chi connectivity index (χ1) is 16.2. The molecule has 4 nitrogen and oxygen atoms in total. The van der Waals surface area contributed by atoms with Gasteiger partial charge in [-0.15, -0.1) is 0 Å². The molecule has 4 aromatic rings. The van der Waals surface area contributed by atoms with Crippen LogP contribution < -0.4 is 5.73 Å². The number of aromatic nitrogens is 1. The number of benzene rings is 3. The standard InChI is InChI=1S/C29H31N3O/c30-17-21-6-5-7-22(14-21)19-32(20-23-15-26-10-3-4-11-28(26)31-18-23)29(33)27-13-12-24-8-1-2-9-25(24)16-27/h1-4,8-13,15-16,18,21-22H,5-7,14,17,19-20,30H2. The smallest absolute Gasteiger partial charge is 0.254 e. The lowest BCUT2D eigenvalue weighted by molar-refractivity contribution is 0.0687. The van der Waals surface area contributed by atoms with Crippen molar-refractivity contribution in [2.24, 2.45) is 17.6 Å². The summed E-state index contributed by atoms with van der Waals surface area (Å²) in [4.78, 5) is 20.4. The van der Waals surface area contributed by atoms with E-state index in [2.05, 4.69) is 29.2 Å². The summed E-state index contributed by atoms with van der Waals surface area (Å²) in [6.45, 7) is 2.06. The van der Waals surface area contributed by atoms with Gasteiger partial charge in [0.2, 0.25) is 0 Å². The summed E-state index contributed by atoms with van der Waals surface area (Å²) in [6.07, 6.45) is 6.58. The fourth-order valence-corrected chi connectivity index (χ4v) is 5.24. The van der Waals surface area contributed by atoms with Crippen LogP contribution in [0.3, 0.4) is 0 Å². The summed E-state index contributed by atoms with van der Waals surface area (Å²) in [5.74, 6) is 1.15. The number of para-hydroxylation sites is 1. The highest BCUT2D eigenvalue weighted by molar-refractivity contribution is 5.98. The summed E-state index contributed by atoms with van der Waals surface area (Å²) >= 11 is 0. The van der Waals surface area contributed by atoms with Crippen LogP contribution in [0.15, 0.2) is 79.0 Å². The van der Waals surface area contributed by atoms with E-state index in [1.165, 1.54) is 12.8 Å². The number of amides is 1. The van der Waals surface area contributed by atoms with E-state index in [0.717, 1.165) is 58.7 Å². The second-order valence-electron chi connectivity index (χ2n) is 9.42. The molecule has 0 radical (unpaired) electrons. The maximum Gasteiger partial charge on any atom is 0.254 e. The van der Waals surface area contributed by atoms with Gasteiger partial charge in [0.05, 0.1) is 5.52 Å². The minimum Gasteiger partial charge on any atom is -0.334 e. The highest BCUT2D eigenvalue weighted by atomic mass is 16.2. The molecule has 0 bridgehead atoms. The molecule has 1 aliphatic carbocycles. The molecule has 1 amide bonds. The molecule has 1 heterocycles. The largest absolute Gasteiger partial charge is 0.334 e. The summed E-state index contributed by atoms with van der Waals surface area (Å²) in [6, 6.07) is 24.5. The SMILES string of the molecule is NCC1CCCC(CN(Cc2cnc3ccccc3c2)C(=O)c2ccc3ccccc3c2)C1. The van der Waals surface area contributed by atoms with Crippen LogP contribution in [0.4, 0.5) is 0 Å². The van der Waals surface area contributed by atoms with Crippen LogP contribution in [0, 0.1) is 11.8 Å². The zero-order valence-electron chi connectivity index (χ0n) is 19.0. The fourth-order valence-electron chi connectivity index (χ4n) is 5.24. The average molecular weight is 438 g/mol. The number of carbonyl (C=O) groups is 1. The second kappa shape index (κ2) is 9.72. The number of hydrogen-bond acceptors (Lipinski definition) is 3. The van der Waals surface area contributed by atoms with Crippen molar-refractivity contribution in [3.05, 3.63) is 90.1 Å². The Morgan fingerprint density at radius 2 is 1.67 bits per heavy atom. The molecular formula is C29H31N3O. The van der Waals surface area contributed by atoms with E-state index in [0.29, 0.717) is 18.4 Å². The predicted molar refractivity (Wildman–Crippen MR) is 135 cm³/mol. The number of hydrogen-bond donors (Lipinski definition) is 1. The first-order valence-electron chi connectivity index (χ1n) is 12.0. The third kappa shape index (κ3) is 4.91. The maximum atomic E-state index is 13.8. The topological polar surface area (TPSA) is 59.2 Å². The van der Waals surface area contributed by atoms with E-state index in [1.54, 1.807) is 0 Å². The van der Waals surface area contributed by atoms with Gasteiger partial charge >= 0.3 is 0 Å². The van der Waals surface area contributed by atoms with Crippen molar-refractivity contribution < 1.29 is 4.79 Å². The van der Waals surface area contributed by atoms with Crippen molar-refractivity contribution in [3.63, 3.8) is 0 Å². The lowest BCUT2D eigenvalue weighted by atomic mass is 9.81. The fraction of sp³-hybridized carbons (Fsp3) is 0.310. The van der Waals surface area contributed by atoms with Crippen molar-refractivity contribution in [2.75, 3.05) is 13.1 Å². The molecule has 1 fully saturated rings. The zero-order chi connectivity index (χ0) is 22.6. The van der Waals surface area contributed by atoms with Crippen LogP contribution in [0.25, 0.3) is 21.7 Å². The molecular weight excluding hydrogens is 406 g/mol. The minimum absolute atomic E-state index is 0.0868. The van der Waals surface area contributed by atoms with Gasteiger partial charge in [0, 0.05) is 30.2 Å². The summed E-state index contributed by atoms with van der Waals surface area (Å²) in [5, 5.41) is 3.35. The zero-order valence-corrected chi connectivity index (χ0v) is 19.0. The third-order valence-electron chi connectivity index (χ3n) is 7.01. The van der Waals surface area contributed by atoms with E-state index in [-0.39, 0.29) is 5.91 Å². The monoisotopic (exact) mass is 437 g/mol. The number of pyridine rings is 1. The van der Waals surface area contributed by atoms with E-state index in [9.17, 15) is 4.79 Å². The Morgan fingerprint density at radius 3 is 2.52 bits per heavy atom. The lowest BCUT2D eigenvalue weighted by Gasteiger charge is -2.33. The molecule has 4 heteroatoms. The quantitative estimate of drug-likeness (QED) is 0.415. The Hall–Kier alpha value is -3.24. The Balaban J connectivity index is 1.44. The first-order valence-corrected chi connectivity index (χ1v) is 12.0. The van der Waals surface area contributed by atoms with Gasteiger partial charge in [-0.2, -0.15) is 0 Å². The summed E-state index contributed by atoms with van der Waals surface area (Å²) in [7, 11) is 0. The molecule has 0 aliphatic heterocycles. The molecule has 1 saturated carbocycles. The van der Waals surface area contributed by atoms with Gasteiger partial charge in [-0.05, 0) is 78.2 Å². The molecule has 3 aromatic carbocycles. The average Bonchev–Trinajstić information content (AvgIpc) is 2.87. The van der Waals surface area contributed by atoms with Crippen LogP contribution in [0.2, 0.25) is 0 Å². The predicted octanol–water partition coefficient (Wildman–Crippen LogP) is 5.80. The van der Waals surface area contributed by atoms with E-state index >= 15 is 0 Å². The van der Waals surface area contributed by atoms with Gasteiger partial charge in [-0.1, -0.05) is 55.0 Å². The lowest BCUT2D eigenvalue weighted by Crippen LogP contribution is -2.37. The van der Waals surface area contributed by atoms with Crippen LogP contribution in [0.5, 0.6) is 0 Å². The van der Waals surface area contributed by atoms with Crippen LogP contribution in [-0.4, -0.2) is 28.9 Å². The Morgan fingerprint density at radius 1 is 0.909 bits per heavy atom. The van der Waals surface area contributed by atoms with Crippen LogP contribution in [0.1, 0.15) is 41.6 Å². The number of carbonyl (C=O) groups excluding carboxylic acids is 1. The molecule has 0 spiro atoms. The van der Waals surface area contributed by atoms with Crippen LogP contribution in [-0.2, 0) is 6.54 Å². The van der Waals surface area contributed by atoms with Gasteiger partial charge in [-0.3, -0.25) is 9.78 Å². The van der Waals surface area contributed by atoms with Crippen molar-refractivity contribution in [3.8, 4) is 0 Å². The number of nitrogens with two attached hydrogens (primary N) is 1. The van der Waals surface area contributed by atoms with Gasteiger partial charge in [0.25, 0.3) is 5.91 Å². The van der Waals surface area contributed by atoms with Gasteiger partial charge in [-0.25, -0.2) is 0 Å². The molecule has 1 aliphatic rings. The molecule has 1 aromatic heterocycles. The Kier molecular flexibility index (Phi) is 6.36. The van der Waals surface area contributed by atoms with Crippen molar-refractivity contribution in [1.29, 1.82) is 0 Å². The van der Waals surface area contributed by atoms with E-state index in [1.807, 2.05) is 59.6 Å². The third-order valence-corrected chi connectivity index (χ3v) is 7.01. The molecule has 2 N–H and O–H groups in total. The first kappa shape index (κ1) is 21.6.